The minimum Gasteiger partial charge on any atom is -0.350 e. The van der Waals surface area contributed by atoms with Gasteiger partial charge in [-0.1, -0.05) is 42.5 Å². The molecule has 2 heterocycles. The molecule has 2 aromatic carbocycles. The molecule has 3 aromatic rings. The molecule has 1 fully saturated rings. The van der Waals surface area contributed by atoms with Crippen molar-refractivity contribution in [2.24, 2.45) is 0 Å². The first-order valence-corrected chi connectivity index (χ1v) is 9.78. The van der Waals surface area contributed by atoms with E-state index in [9.17, 15) is 4.79 Å². The molecule has 1 aliphatic heterocycles. The lowest BCUT2D eigenvalue weighted by atomic mass is 10.1. The number of likely N-dealkylation sites (tertiary alicyclic amines) is 1. The van der Waals surface area contributed by atoms with Crippen LogP contribution in [0.4, 0.5) is 0 Å². The fourth-order valence-electron chi connectivity index (χ4n) is 3.74. The van der Waals surface area contributed by atoms with Crippen LogP contribution in [0.15, 0.2) is 67.3 Å². The Kier molecular flexibility index (Phi) is 5.77. The third-order valence-electron chi connectivity index (χ3n) is 5.25. The lowest BCUT2D eigenvalue weighted by Gasteiger charge is -2.28. The lowest BCUT2D eigenvalue weighted by Crippen LogP contribution is -2.36. The Balaban J connectivity index is 1.39. The number of hydrogen-bond acceptors (Lipinski definition) is 4. The highest BCUT2D eigenvalue weighted by molar-refractivity contribution is 5.94. The van der Waals surface area contributed by atoms with Crippen LogP contribution in [0.5, 0.6) is 0 Å². The molecule has 1 N–H and O–H groups in total. The maximum absolute atomic E-state index is 12.7. The monoisotopic (exact) mass is 375 g/mol. The van der Waals surface area contributed by atoms with Crippen molar-refractivity contribution in [2.75, 3.05) is 19.6 Å². The molecule has 1 saturated heterocycles. The zero-order chi connectivity index (χ0) is 19.2. The number of benzene rings is 2. The SMILES string of the molecule is O=C(NC[C@@H](c1ccccc1)N1CCCC1)c1ccc(Cn2cncn2)cc1. The molecule has 0 spiro atoms. The fraction of sp³-hybridized carbons (Fsp3) is 0.318. The average Bonchev–Trinajstić information content (AvgIpc) is 3.44. The van der Waals surface area contributed by atoms with E-state index in [4.69, 9.17) is 0 Å². The lowest BCUT2D eigenvalue weighted by molar-refractivity contribution is 0.0938. The topological polar surface area (TPSA) is 63.1 Å². The first-order valence-electron chi connectivity index (χ1n) is 9.78. The summed E-state index contributed by atoms with van der Waals surface area (Å²) in [6, 6.07) is 18.3. The zero-order valence-corrected chi connectivity index (χ0v) is 15.9. The Bertz CT molecular complexity index is 871. The Morgan fingerprint density at radius 2 is 1.79 bits per heavy atom. The van der Waals surface area contributed by atoms with Gasteiger partial charge in [0.25, 0.3) is 5.91 Å². The van der Waals surface area contributed by atoms with Crippen LogP contribution in [0.3, 0.4) is 0 Å². The van der Waals surface area contributed by atoms with E-state index in [-0.39, 0.29) is 11.9 Å². The predicted octanol–water partition coefficient (Wildman–Crippen LogP) is 2.89. The van der Waals surface area contributed by atoms with Crippen molar-refractivity contribution in [2.45, 2.75) is 25.4 Å². The summed E-state index contributed by atoms with van der Waals surface area (Å²) in [6.07, 6.45) is 5.66. The van der Waals surface area contributed by atoms with Gasteiger partial charge in [0.05, 0.1) is 12.6 Å². The van der Waals surface area contributed by atoms with E-state index in [2.05, 4.69) is 44.6 Å². The van der Waals surface area contributed by atoms with E-state index in [0.29, 0.717) is 18.7 Å². The molecule has 4 rings (SSSR count). The van der Waals surface area contributed by atoms with Crippen LogP contribution >= 0.6 is 0 Å². The van der Waals surface area contributed by atoms with Gasteiger partial charge in [0.1, 0.15) is 12.7 Å². The third-order valence-corrected chi connectivity index (χ3v) is 5.25. The number of hydrogen-bond donors (Lipinski definition) is 1. The number of rotatable bonds is 7. The van der Waals surface area contributed by atoms with Gasteiger partial charge >= 0.3 is 0 Å². The predicted molar refractivity (Wildman–Crippen MR) is 108 cm³/mol. The van der Waals surface area contributed by atoms with Gasteiger partial charge in [0.15, 0.2) is 0 Å². The van der Waals surface area contributed by atoms with Gasteiger partial charge < -0.3 is 5.32 Å². The van der Waals surface area contributed by atoms with Crippen LogP contribution < -0.4 is 5.32 Å². The molecule has 6 nitrogen and oxygen atoms in total. The van der Waals surface area contributed by atoms with Crippen molar-refractivity contribution in [3.8, 4) is 0 Å². The zero-order valence-electron chi connectivity index (χ0n) is 15.9. The molecule has 6 heteroatoms. The van der Waals surface area contributed by atoms with E-state index in [1.807, 2.05) is 30.3 Å². The van der Waals surface area contributed by atoms with Crippen molar-refractivity contribution in [1.82, 2.24) is 25.0 Å². The van der Waals surface area contributed by atoms with Crippen molar-refractivity contribution in [1.29, 1.82) is 0 Å². The molecule has 0 saturated carbocycles. The summed E-state index contributed by atoms with van der Waals surface area (Å²) >= 11 is 0. The van der Waals surface area contributed by atoms with E-state index >= 15 is 0 Å². The summed E-state index contributed by atoms with van der Waals surface area (Å²) in [6.45, 7) is 3.44. The number of amides is 1. The normalized spacial score (nSPS) is 15.4. The first kappa shape index (κ1) is 18.4. The van der Waals surface area contributed by atoms with Crippen LogP contribution in [0.2, 0.25) is 0 Å². The van der Waals surface area contributed by atoms with Crippen LogP contribution in [0, 0.1) is 0 Å². The highest BCUT2D eigenvalue weighted by atomic mass is 16.1. The second-order valence-electron chi connectivity index (χ2n) is 7.17. The second-order valence-corrected chi connectivity index (χ2v) is 7.17. The summed E-state index contributed by atoms with van der Waals surface area (Å²) in [4.78, 5) is 19.1. The molecular formula is C22H25N5O. The maximum atomic E-state index is 12.7. The standard InChI is InChI=1S/C22H25N5O/c28-22(20-10-8-18(9-11-20)15-27-17-23-16-25-27)24-14-21(26-12-4-5-13-26)19-6-2-1-3-7-19/h1-3,6-11,16-17,21H,4-5,12-15H2,(H,24,28)/t21-/m0/s1. The van der Waals surface area contributed by atoms with Crippen molar-refractivity contribution in [3.05, 3.63) is 83.9 Å². The van der Waals surface area contributed by atoms with Gasteiger partial charge in [0.2, 0.25) is 0 Å². The molecule has 1 amide bonds. The largest absolute Gasteiger partial charge is 0.350 e. The number of nitrogens with one attached hydrogen (secondary N) is 1. The smallest absolute Gasteiger partial charge is 0.251 e. The molecule has 144 valence electrons. The summed E-state index contributed by atoms with van der Waals surface area (Å²) in [5, 5.41) is 7.24. The average molecular weight is 375 g/mol. The van der Waals surface area contributed by atoms with E-state index in [0.717, 1.165) is 18.7 Å². The maximum Gasteiger partial charge on any atom is 0.251 e. The Morgan fingerprint density at radius 3 is 2.46 bits per heavy atom. The van der Waals surface area contributed by atoms with Gasteiger partial charge in [-0.25, -0.2) is 9.67 Å². The highest BCUT2D eigenvalue weighted by Crippen LogP contribution is 2.24. The quantitative estimate of drug-likeness (QED) is 0.690. The number of carbonyl (C=O) groups is 1. The van der Waals surface area contributed by atoms with Crippen LogP contribution in [0.25, 0.3) is 0 Å². The second kappa shape index (κ2) is 8.80. The molecule has 0 aliphatic carbocycles. The van der Waals surface area contributed by atoms with Crippen LogP contribution in [0.1, 0.15) is 40.4 Å². The minimum atomic E-state index is -0.0348. The molecule has 0 unspecified atom stereocenters. The van der Waals surface area contributed by atoms with Crippen molar-refractivity contribution in [3.63, 3.8) is 0 Å². The number of carbonyl (C=O) groups excluding carboxylic acids is 1. The molecule has 1 aromatic heterocycles. The van der Waals surface area contributed by atoms with E-state index < -0.39 is 0 Å². The number of aromatic nitrogens is 3. The Hall–Kier alpha value is -2.99. The van der Waals surface area contributed by atoms with Gasteiger partial charge in [-0.2, -0.15) is 5.10 Å². The van der Waals surface area contributed by atoms with Gasteiger partial charge in [0, 0.05) is 12.1 Å². The molecule has 0 radical (unpaired) electrons. The van der Waals surface area contributed by atoms with Crippen molar-refractivity contribution >= 4 is 5.91 Å². The minimum absolute atomic E-state index is 0.0348. The summed E-state index contributed by atoms with van der Waals surface area (Å²) in [7, 11) is 0. The Morgan fingerprint density at radius 1 is 1.04 bits per heavy atom. The molecule has 1 atom stereocenters. The molecular weight excluding hydrogens is 350 g/mol. The fourth-order valence-corrected chi connectivity index (χ4v) is 3.74. The van der Waals surface area contributed by atoms with E-state index in [1.165, 1.54) is 24.7 Å². The van der Waals surface area contributed by atoms with Gasteiger partial charge in [-0.3, -0.25) is 9.69 Å². The number of nitrogens with zero attached hydrogens (tertiary/aromatic N) is 4. The van der Waals surface area contributed by atoms with Gasteiger partial charge in [-0.15, -0.1) is 0 Å². The summed E-state index contributed by atoms with van der Waals surface area (Å²) < 4.78 is 1.76. The van der Waals surface area contributed by atoms with Crippen LogP contribution in [-0.4, -0.2) is 45.2 Å². The van der Waals surface area contributed by atoms with Crippen molar-refractivity contribution < 1.29 is 4.79 Å². The van der Waals surface area contributed by atoms with E-state index in [1.54, 1.807) is 11.0 Å². The molecule has 1 aliphatic rings. The third kappa shape index (κ3) is 4.46. The molecule has 28 heavy (non-hydrogen) atoms. The highest BCUT2D eigenvalue weighted by Gasteiger charge is 2.23. The Labute approximate surface area is 165 Å². The first-order chi connectivity index (χ1) is 13.8. The van der Waals surface area contributed by atoms with Crippen LogP contribution in [-0.2, 0) is 6.54 Å². The van der Waals surface area contributed by atoms with Gasteiger partial charge in [-0.05, 0) is 49.2 Å². The summed E-state index contributed by atoms with van der Waals surface area (Å²) in [5.74, 6) is -0.0348. The summed E-state index contributed by atoms with van der Waals surface area (Å²) in [5.41, 5.74) is 3.02. The molecule has 0 bridgehead atoms.